The van der Waals surface area contributed by atoms with Gasteiger partial charge in [-0.1, -0.05) is 0 Å². The van der Waals surface area contributed by atoms with Crippen LogP contribution in [0.3, 0.4) is 0 Å². The Morgan fingerprint density at radius 1 is 1.25 bits per heavy atom. The summed E-state index contributed by atoms with van der Waals surface area (Å²) in [6.07, 6.45) is -0.279. The fourth-order valence-electron chi connectivity index (χ4n) is 4.02. The van der Waals surface area contributed by atoms with Gasteiger partial charge in [0, 0.05) is 25.5 Å². The Bertz CT molecular complexity index is 1600. The van der Waals surface area contributed by atoms with Gasteiger partial charge < -0.3 is 30.1 Å². The number of pyridine rings is 1. The molecule has 0 aliphatic carbocycles. The third kappa shape index (κ3) is 4.15. The van der Waals surface area contributed by atoms with Gasteiger partial charge in [0.1, 0.15) is 28.9 Å². The number of oxazole rings is 1. The molecule has 0 spiro atoms. The zero-order valence-corrected chi connectivity index (χ0v) is 19.1. The highest BCUT2D eigenvalue weighted by Gasteiger charge is 2.34. The van der Waals surface area contributed by atoms with Gasteiger partial charge in [-0.25, -0.2) is 9.97 Å². The minimum atomic E-state index is -4.66. The Hall–Kier alpha value is -4.33. The molecule has 0 saturated carbocycles. The van der Waals surface area contributed by atoms with Crippen molar-refractivity contribution in [2.24, 2.45) is 7.05 Å². The average Bonchev–Trinajstić information content (AvgIpc) is 3.55. The van der Waals surface area contributed by atoms with E-state index in [1.165, 1.54) is 23.4 Å². The van der Waals surface area contributed by atoms with Crippen LogP contribution in [0.2, 0.25) is 0 Å². The smallest absolute Gasteiger partial charge is 0.418 e. The summed E-state index contributed by atoms with van der Waals surface area (Å²) in [7, 11) is 1.70. The van der Waals surface area contributed by atoms with Crippen LogP contribution in [0.25, 0.3) is 33.5 Å². The fraction of sp³-hybridized carbons (Fsp3) is 0.273. The molecule has 1 aromatic carbocycles. The van der Waals surface area contributed by atoms with Gasteiger partial charge in [-0.05, 0) is 19.1 Å². The van der Waals surface area contributed by atoms with Crippen LogP contribution in [0.4, 0.5) is 24.5 Å². The Balaban J connectivity index is 1.70. The summed E-state index contributed by atoms with van der Waals surface area (Å²) < 4.78 is 47.6. The molecule has 11 nitrogen and oxygen atoms in total. The van der Waals surface area contributed by atoms with E-state index >= 15 is 0 Å². The van der Waals surface area contributed by atoms with E-state index in [4.69, 9.17) is 9.52 Å². The van der Waals surface area contributed by atoms with Gasteiger partial charge in [-0.3, -0.25) is 9.48 Å². The van der Waals surface area contributed by atoms with Crippen molar-refractivity contribution in [3.8, 4) is 11.4 Å². The average molecular weight is 502 g/mol. The summed E-state index contributed by atoms with van der Waals surface area (Å²) in [4.78, 5) is 27.4. The number of benzene rings is 1. The quantitative estimate of drug-likeness (QED) is 0.227. The molecule has 0 radical (unpaired) electrons. The highest BCUT2D eigenvalue weighted by molar-refractivity contribution is 5.97. The number of imidazole rings is 1. The molecule has 0 aliphatic heterocycles. The summed E-state index contributed by atoms with van der Waals surface area (Å²) in [5, 5.41) is 19.3. The lowest BCUT2D eigenvalue weighted by Crippen LogP contribution is -2.16. The molecule has 5 aromatic rings. The van der Waals surface area contributed by atoms with Crippen molar-refractivity contribution in [3.63, 3.8) is 0 Å². The van der Waals surface area contributed by atoms with Gasteiger partial charge in [-0.15, -0.1) is 0 Å². The number of H-pyrrole nitrogens is 2. The van der Waals surface area contributed by atoms with Crippen molar-refractivity contribution in [2.45, 2.75) is 19.1 Å². The Labute approximate surface area is 200 Å². The molecule has 188 valence electrons. The number of nitrogens with zero attached hydrogens (tertiary/aromatic N) is 4. The van der Waals surface area contributed by atoms with Crippen molar-refractivity contribution in [1.29, 1.82) is 0 Å². The van der Waals surface area contributed by atoms with E-state index in [1.54, 1.807) is 13.2 Å². The van der Waals surface area contributed by atoms with Crippen molar-refractivity contribution in [2.75, 3.05) is 23.8 Å². The first-order valence-corrected chi connectivity index (χ1v) is 10.9. The molecule has 5 rings (SSSR count). The van der Waals surface area contributed by atoms with Crippen LogP contribution in [0, 0.1) is 0 Å². The predicted octanol–water partition coefficient (Wildman–Crippen LogP) is 3.39. The molecule has 0 saturated heterocycles. The lowest BCUT2D eigenvalue weighted by atomic mass is 10.1. The van der Waals surface area contributed by atoms with Crippen LogP contribution in [0.5, 0.6) is 0 Å². The SMILES string of the molecule is C[C@H](Nc1c(-c2nc3cc(C(F)(F)F)c(NCCO)cc3[nH]2)c(=O)[nH]c2cn(C)nc12)c1cocn1. The topological polar surface area (TPSA) is 150 Å². The third-order valence-corrected chi connectivity index (χ3v) is 5.64. The summed E-state index contributed by atoms with van der Waals surface area (Å²) in [5.41, 5.74) is 0.502. The Morgan fingerprint density at radius 2 is 2.06 bits per heavy atom. The molecular weight excluding hydrogens is 481 g/mol. The normalized spacial score (nSPS) is 12.9. The minimum Gasteiger partial charge on any atom is -0.451 e. The molecule has 1 atom stereocenters. The van der Waals surface area contributed by atoms with E-state index in [2.05, 4.69) is 35.7 Å². The van der Waals surface area contributed by atoms with Crippen molar-refractivity contribution >= 4 is 33.4 Å². The lowest BCUT2D eigenvalue weighted by molar-refractivity contribution is -0.136. The lowest BCUT2D eigenvalue weighted by Gasteiger charge is -2.15. The fourth-order valence-corrected chi connectivity index (χ4v) is 4.02. The van der Waals surface area contributed by atoms with Gasteiger partial charge in [-0.2, -0.15) is 18.3 Å². The molecule has 36 heavy (non-hydrogen) atoms. The van der Waals surface area contributed by atoms with Crippen LogP contribution in [0.15, 0.2) is 40.2 Å². The summed E-state index contributed by atoms with van der Waals surface area (Å²) in [5.74, 6) is 0.0566. The summed E-state index contributed by atoms with van der Waals surface area (Å²) >= 11 is 0. The molecule has 0 fully saturated rings. The zero-order chi connectivity index (χ0) is 25.6. The first kappa shape index (κ1) is 23.4. The highest BCUT2D eigenvalue weighted by Crippen LogP contribution is 2.38. The van der Waals surface area contributed by atoms with E-state index in [0.717, 1.165) is 6.07 Å². The molecule has 14 heteroatoms. The zero-order valence-electron chi connectivity index (χ0n) is 19.1. The number of aliphatic hydroxyl groups is 1. The van der Waals surface area contributed by atoms with Gasteiger partial charge in [0.05, 0.1) is 40.4 Å². The number of hydrogen-bond donors (Lipinski definition) is 5. The molecular formula is C22H21F3N8O3. The number of anilines is 2. The van der Waals surface area contributed by atoms with Crippen LogP contribution in [0.1, 0.15) is 24.2 Å². The molecule has 4 heterocycles. The van der Waals surface area contributed by atoms with E-state index in [9.17, 15) is 18.0 Å². The van der Waals surface area contributed by atoms with E-state index in [-0.39, 0.29) is 41.3 Å². The van der Waals surface area contributed by atoms with Gasteiger partial charge >= 0.3 is 6.18 Å². The molecule has 0 aliphatic rings. The van der Waals surface area contributed by atoms with E-state index < -0.39 is 23.3 Å². The molecule has 0 unspecified atom stereocenters. The first-order chi connectivity index (χ1) is 17.2. The van der Waals surface area contributed by atoms with Crippen LogP contribution < -0.4 is 16.2 Å². The highest BCUT2D eigenvalue weighted by atomic mass is 19.4. The second kappa shape index (κ2) is 8.71. The number of nitrogens with one attached hydrogen (secondary N) is 4. The van der Waals surface area contributed by atoms with Gasteiger partial charge in [0.15, 0.2) is 6.39 Å². The molecule has 5 N–H and O–H groups in total. The van der Waals surface area contributed by atoms with E-state index in [0.29, 0.717) is 22.4 Å². The maximum Gasteiger partial charge on any atom is 0.418 e. The number of aliphatic hydroxyl groups excluding tert-OH is 1. The number of aromatic nitrogens is 6. The number of aryl methyl sites for hydroxylation is 1. The predicted molar refractivity (Wildman–Crippen MR) is 126 cm³/mol. The number of aromatic amines is 2. The Morgan fingerprint density at radius 3 is 2.75 bits per heavy atom. The van der Waals surface area contributed by atoms with Gasteiger partial charge in [0.25, 0.3) is 5.56 Å². The first-order valence-electron chi connectivity index (χ1n) is 10.9. The van der Waals surface area contributed by atoms with Crippen LogP contribution in [-0.2, 0) is 13.2 Å². The van der Waals surface area contributed by atoms with Crippen LogP contribution >= 0.6 is 0 Å². The van der Waals surface area contributed by atoms with Crippen molar-refractivity contribution < 1.29 is 22.7 Å². The Kier molecular flexibility index (Phi) is 5.67. The third-order valence-electron chi connectivity index (χ3n) is 5.64. The largest absolute Gasteiger partial charge is 0.451 e. The molecule has 0 bridgehead atoms. The maximum absolute atomic E-state index is 13.7. The monoisotopic (exact) mass is 502 g/mol. The summed E-state index contributed by atoms with van der Waals surface area (Å²) in [6.45, 7) is 1.40. The summed E-state index contributed by atoms with van der Waals surface area (Å²) in [6, 6.07) is 1.75. The number of rotatable bonds is 7. The number of halogens is 3. The van der Waals surface area contributed by atoms with Crippen molar-refractivity contribution in [1.82, 2.24) is 29.7 Å². The number of hydrogen-bond acceptors (Lipinski definition) is 8. The van der Waals surface area contributed by atoms with Gasteiger partial charge in [0.2, 0.25) is 0 Å². The second-order valence-electron chi connectivity index (χ2n) is 8.20. The minimum absolute atomic E-state index is 0.0166. The number of alkyl halides is 3. The van der Waals surface area contributed by atoms with Crippen molar-refractivity contribution in [3.05, 3.63) is 52.6 Å². The maximum atomic E-state index is 13.7. The number of fused-ring (bicyclic) bond motifs is 2. The van der Waals surface area contributed by atoms with Crippen LogP contribution in [-0.4, -0.2) is 48.0 Å². The second-order valence-corrected chi connectivity index (χ2v) is 8.20. The van der Waals surface area contributed by atoms with E-state index in [1.807, 2.05) is 6.92 Å². The standard InChI is InChI=1S/C22H21F3N8O3/c1-10(16-8-36-9-27-16)28-19-17(21(35)31-15-7-33(2)32-18(15)19)20-29-13-5-11(22(23,24)25)12(26-3-4-34)6-14(13)30-20/h5-10,26,28,34H,3-4H2,1-2H3,(H,29,30)(H,31,35)/t10-/m0/s1. The molecule has 0 amide bonds. The molecule has 4 aromatic heterocycles.